The average Bonchev–Trinajstić information content (AvgIpc) is 2.68. The van der Waals surface area contributed by atoms with Crippen molar-refractivity contribution in [2.75, 3.05) is 44.2 Å². The van der Waals surface area contributed by atoms with Crippen molar-refractivity contribution in [3.05, 3.63) is 30.3 Å². The highest BCUT2D eigenvalue weighted by molar-refractivity contribution is 14.0. The highest BCUT2D eigenvalue weighted by Gasteiger charge is 2.20. The van der Waals surface area contributed by atoms with E-state index in [2.05, 4.69) is 34.3 Å². The zero-order valence-corrected chi connectivity index (χ0v) is 18.7. The molecule has 0 atom stereocenters. The zero-order chi connectivity index (χ0) is 18.6. The van der Waals surface area contributed by atoms with Crippen LogP contribution in [0.25, 0.3) is 0 Å². The van der Waals surface area contributed by atoms with Crippen LogP contribution in [0, 0.1) is 0 Å². The Morgan fingerprint density at radius 2 is 1.81 bits per heavy atom. The third-order valence-corrected chi connectivity index (χ3v) is 4.69. The lowest BCUT2D eigenvalue weighted by molar-refractivity contribution is -0.131. The number of nitrogens with zero attached hydrogens (tertiary/aromatic N) is 3. The molecule has 0 unspecified atom stereocenters. The molecular weight excluding hydrogens is 453 g/mol. The molecule has 1 amide bonds. The molecule has 3 N–H and O–H groups in total. The van der Waals surface area contributed by atoms with E-state index >= 15 is 0 Å². The van der Waals surface area contributed by atoms with Crippen LogP contribution in [0.3, 0.4) is 0 Å². The van der Waals surface area contributed by atoms with Crippen LogP contribution >= 0.6 is 24.0 Å². The predicted octanol–water partition coefficient (Wildman–Crippen LogP) is 2.83. The summed E-state index contributed by atoms with van der Waals surface area (Å²) in [4.78, 5) is 20.9. The number of aliphatic imine (C=N–C) groups is 1. The average molecular weight is 487 g/mol. The molecule has 0 aromatic heterocycles. The second-order valence-electron chi connectivity index (χ2n) is 6.71. The first kappa shape index (κ1) is 23.5. The lowest BCUT2D eigenvalue weighted by Crippen LogP contribution is -2.49. The van der Waals surface area contributed by atoms with Crippen LogP contribution in [0.2, 0.25) is 0 Å². The Labute approximate surface area is 180 Å². The summed E-state index contributed by atoms with van der Waals surface area (Å²) >= 11 is 0. The van der Waals surface area contributed by atoms with Crippen molar-refractivity contribution in [1.82, 2.24) is 10.2 Å². The maximum atomic E-state index is 12.3. The number of benzene rings is 1. The minimum atomic E-state index is 0. The second kappa shape index (κ2) is 13.6. The summed E-state index contributed by atoms with van der Waals surface area (Å²) in [5.74, 6) is 0.629. The van der Waals surface area contributed by atoms with E-state index in [9.17, 15) is 4.79 Å². The molecule has 0 radical (unpaired) electrons. The molecule has 1 aliphatic rings. The number of carbonyl (C=O) groups is 1. The van der Waals surface area contributed by atoms with Gasteiger partial charge in [-0.1, -0.05) is 44.4 Å². The molecule has 0 bridgehead atoms. The van der Waals surface area contributed by atoms with Crippen LogP contribution in [-0.4, -0.2) is 56.0 Å². The quantitative estimate of drug-likeness (QED) is 0.243. The third-order valence-electron chi connectivity index (χ3n) is 4.69. The van der Waals surface area contributed by atoms with Crippen molar-refractivity contribution in [2.45, 2.75) is 39.0 Å². The van der Waals surface area contributed by atoms with Crippen LogP contribution in [0.5, 0.6) is 0 Å². The Hall–Kier alpha value is -1.51. The van der Waals surface area contributed by atoms with Gasteiger partial charge in [-0.3, -0.25) is 9.79 Å². The van der Waals surface area contributed by atoms with Crippen LogP contribution in [0.4, 0.5) is 5.69 Å². The maximum absolute atomic E-state index is 12.3. The maximum Gasteiger partial charge on any atom is 0.224 e. The summed E-state index contributed by atoms with van der Waals surface area (Å²) in [5.41, 5.74) is 7.07. The van der Waals surface area contributed by atoms with Crippen LogP contribution in [0.15, 0.2) is 35.3 Å². The number of unbranched alkanes of at least 4 members (excludes halogenated alkanes) is 3. The van der Waals surface area contributed by atoms with Crippen molar-refractivity contribution in [3.63, 3.8) is 0 Å². The van der Waals surface area contributed by atoms with Gasteiger partial charge in [-0.05, 0) is 18.6 Å². The summed E-state index contributed by atoms with van der Waals surface area (Å²) in [6.07, 6.45) is 5.19. The molecule has 0 aliphatic carbocycles. The van der Waals surface area contributed by atoms with Crippen molar-refractivity contribution in [3.8, 4) is 0 Å². The van der Waals surface area contributed by atoms with E-state index in [0.717, 1.165) is 39.1 Å². The van der Waals surface area contributed by atoms with Gasteiger partial charge in [-0.15, -0.1) is 24.0 Å². The van der Waals surface area contributed by atoms with Gasteiger partial charge < -0.3 is 20.9 Å². The standard InChI is InChI=1S/C20H33N5O.HI/c1-2-3-4-8-12-22-20(21)23-13-11-19(26)25-16-14-24(15-17-25)18-9-6-5-7-10-18;/h5-7,9-10H,2-4,8,11-17H2,1H3,(H3,21,22,23);1H. The van der Waals surface area contributed by atoms with Crippen molar-refractivity contribution in [2.24, 2.45) is 10.7 Å². The van der Waals surface area contributed by atoms with Crippen LogP contribution in [-0.2, 0) is 4.79 Å². The first-order chi connectivity index (χ1) is 12.7. The van der Waals surface area contributed by atoms with Crippen LogP contribution in [0.1, 0.15) is 39.0 Å². The number of amides is 1. The van der Waals surface area contributed by atoms with E-state index in [-0.39, 0.29) is 29.9 Å². The molecule has 0 spiro atoms. The molecule has 6 nitrogen and oxygen atoms in total. The number of hydrogen-bond acceptors (Lipinski definition) is 3. The summed E-state index contributed by atoms with van der Waals surface area (Å²) in [5, 5.41) is 3.05. The van der Waals surface area contributed by atoms with E-state index in [1.165, 1.54) is 24.9 Å². The van der Waals surface area contributed by atoms with Gasteiger partial charge in [0.2, 0.25) is 5.91 Å². The number of hydrogen-bond donors (Lipinski definition) is 2. The number of carbonyl (C=O) groups excluding carboxylic acids is 1. The molecule has 152 valence electrons. The first-order valence-electron chi connectivity index (χ1n) is 9.82. The predicted molar refractivity (Wildman–Crippen MR) is 124 cm³/mol. The van der Waals surface area contributed by atoms with Crippen molar-refractivity contribution < 1.29 is 4.79 Å². The van der Waals surface area contributed by atoms with Crippen LogP contribution < -0.4 is 16.0 Å². The molecule has 1 aromatic rings. The number of guanidine groups is 1. The SMILES string of the molecule is CCCCCCN=C(N)NCCC(=O)N1CCN(c2ccccc2)CC1.I. The number of anilines is 1. The molecule has 1 aromatic carbocycles. The summed E-state index contributed by atoms with van der Waals surface area (Å²) < 4.78 is 0. The number of nitrogens with one attached hydrogen (secondary N) is 1. The largest absolute Gasteiger partial charge is 0.370 e. The van der Waals surface area contributed by atoms with E-state index in [0.29, 0.717) is 18.9 Å². The first-order valence-corrected chi connectivity index (χ1v) is 9.82. The highest BCUT2D eigenvalue weighted by atomic mass is 127. The summed E-state index contributed by atoms with van der Waals surface area (Å²) in [6, 6.07) is 10.4. The highest BCUT2D eigenvalue weighted by Crippen LogP contribution is 2.15. The fraction of sp³-hybridized carbons (Fsp3) is 0.600. The van der Waals surface area contributed by atoms with Gasteiger partial charge >= 0.3 is 0 Å². The summed E-state index contributed by atoms with van der Waals surface area (Å²) in [7, 11) is 0. The minimum absolute atomic E-state index is 0. The normalized spacial score (nSPS) is 14.6. The monoisotopic (exact) mass is 487 g/mol. The fourth-order valence-corrected chi connectivity index (χ4v) is 3.10. The third kappa shape index (κ3) is 8.81. The Bertz CT molecular complexity index is 559. The molecule has 1 heterocycles. The van der Waals surface area contributed by atoms with Gasteiger partial charge in [0.1, 0.15) is 0 Å². The molecule has 1 aliphatic heterocycles. The van der Waals surface area contributed by atoms with Gasteiger partial charge in [-0.25, -0.2) is 0 Å². The van der Waals surface area contributed by atoms with Gasteiger partial charge in [0, 0.05) is 51.4 Å². The van der Waals surface area contributed by atoms with Gasteiger partial charge in [0.15, 0.2) is 5.96 Å². The Morgan fingerprint density at radius 3 is 2.48 bits per heavy atom. The second-order valence-corrected chi connectivity index (χ2v) is 6.71. The number of rotatable bonds is 9. The molecule has 0 saturated carbocycles. The van der Waals surface area contributed by atoms with Gasteiger partial charge in [0.05, 0.1) is 0 Å². The minimum Gasteiger partial charge on any atom is -0.370 e. The fourth-order valence-electron chi connectivity index (χ4n) is 3.10. The molecule has 27 heavy (non-hydrogen) atoms. The number of nitrogens with two attached hydrogens (primary N) is 1. The number of halogens is 1. The van der Waals surface area contributed by atoms with E-state index < -0.39 is 0 Å². The molecule has 1 saturated heterocycles. The molecule has 2 rings (SSSR count). The number of para-hydroxylation sites is 1. The lowest BCUT2D eigenvalue weighted by atomic mass is 10.2. The Balaban J connectivity index is 0.00000364. The van der Waals surface area contributed by atoms with Gasteiger partial charge in [-0.2, -0.15) is 0 Å². The summed E-state index contributed by atoms with van der Waals surface area (Å²) in [6.45, 7) is 6.80. The molecule has 7 heteroatoms. The van der Waals surface area contributed by atoms with Gasteiger partial charge in [0.25, 0.3) is 0 Å². The lowest BCUT2D eigenvalue weighted by Gasteiger charge is -2.36. The smallest absolute Gasteiger partial charge is 0.224 e. The molecular formula is C20H34IN5O. The van der Waals surface area contributed by atoms with Crippen molar-refractivity contribution in [1.29, 1.82) is 0 Å². The molecule has 1 fully saturated rings. The van der Waals surface area contributed by atoms with Crippen molar-refractivity contribution >= 4 is 41.5 Å². The van der Waals surface area contributed by atoms with E-state index in [1.807, 2.05) is 23.1 Å². The Kier molecular flexibility index (Phi) is 11.9. The van der Waals surface area contributed by atoms with E-state index in [4.69, 9.17) is 5.73 Å². The zero-order valence-electron chi connectivity index (χ0n) is 16.4. The van der Waals surface area contributed by atoms with E-state index in [1.54, 1.807) is 0 Å². The topological polar surface area (TPSA) is 74.0 Å². The number of piperazine rings is 1. The Morgan fingerprint density at radius 1 is 1.11 bits per heavy atom.